The third-order valence-electron chi connectivity index (χ3n) is 4.10. The van der Waals surface area contributed by atoms with E-state index >= 15 is 0 Å². The third-order valence-corrected chi connectivity index (χ3v) is 4.10. The van der Waals surface area contributed by atoms with Gasteiger partial charge >= 0.3 is 5.97 Å². The van der Waals surface area contributed by atoms with Crippen LogP contribution in [0.25, 0.3) is 5.78 Å². The van der Waals surface area contributed by atoms with Gasteiger partial charge in [0.15, 0.2) is 0 Å². The Bertz CT molecular complexity index is 609. The smallest absolute Gasteiger partial charge is 0.307 e. The minimum atomic E-state index is -0.735. The van der Waals surface area contributed by atoms with E-state index in [1.165, 1.54) is 0 Å². The van der Waals surface area contributed by atoms with E-state index in [0.717, 1.165) is 25.1 Å². The van der Waals surface area contributed by atoms with Crippen LogP contribution in [0.15, 0.2) is 18.5 Å². The fraction of sp³-hybridized carbons (Fsp3) is 0.538. The van der Waals surface area contributed by atoms with Crippen molar-refractivity contribution in [1.82, 2.24) is 19.6 Å². The lowest BCUT2D eigenvalue weighted by Crippen LogP contribution is -2.18. The first-order valence-corrected chi connectivity index (χ1v) is 6.59. The molecule has 19 heavy (non-hydrogen) atoms. The molecule has 3 rings (SSSR count). The number of nitrogens with zero attached hydrogens (tertiary/aromatic N) is 4. The Morgan fingerprint density at radius 3 is 3.05 bits per heavy atom. The summed E-state index contributed by atoms with van der Waals surface area (Å²) in [4.78, 5) is 15.6. The van der Waals surface area contributed by atoms with Crippen molar-refractivity contribution in [3.8, 4) is 0 Å². The van der Waals surface area contributed by atoms with Gasteiger partial charge in [-0.25, -0.2) is 4.98 Å². The molecule has 3 unspecified atom stereocenters. The molecule has 2 aromatic rings. The predicted octanol–water partition coefficient (Wildman–Crippen LogP) is 1.73. The van der Waals surface area contributed by atoms with Crippen molar-refractivity contribution in [1.29, 1.82) is 0 Å². The van der Waals surface area contributed by atoms with Crippen LogP contribution in [0.2, 0.25) is 0 Å². The first-order chi connectivity index (χ1) is 9.20. The number of rotatable bonds is 3. The molecule has 0 amide bonds. The number of fused-ring (bicyclic) bond motifs is 1. The van der Waals surface area contributed by atoms with Crippen LogP contribution in [-0.4, -0.2) is 30.7 Å². The van der Waals surface area contributed by atoms with Crippen LogP contribution in [0, 0.1) is 11.8 Å². The zero-order chi connectivity index (χ0) is 13.4. The van der Waals surface area contributed by atoms with E-state index in [1.54, 1.807) is 10.6 Å². The fourth-order valence-corrected chi connectivity index (χ4v) is 3.05. The minimum absolute atomic E-state index is 0.0679. The van der Waals surface area contributed by atoms with Crippen molar-refractivity contribution in [2.24, 2.45) is 11.8 Å². The molecule has 0 aromatic carbocycles. The van der Waals surface area contributed by atoms with E-state index in [2.05, 4.69) is 22.1 Å². The van der Waals surface area contributed by atoms with Crippen LogP contribution in [-0.2, 0) is 4.79 Å². The van der Waals surface area contributed by atoms with Gasteiger partial charge in [0.05, 0.1) is 5.92 Å². The van der Waals surface area contributed by atoms with E-state index < -0.39 is 5.97 Å². The summed E-state index contributed by atoms with van der Waals surface area (Å²) in [5.74, 6) is 0.545. The maximum atomic E-state index is 11.4. The predicted molar refractivity (Wildman–Crippen MR) is 67.7 cm³/mol. The highest BCUT2D eigenvalue weighted by molar-refractivity contribution is 5.71. The van der Waals surface area contributed by atoms with Gasteiger partial charge in [-0.3, -0.25) is 9.20 Å². The largest absolute Gasteiger partial charge is 0.481 e. The highest BCUT2D eigenvalue weighted by atomic mass is 16.4. The molecule has 0 radical (unpaired) electrons. The first-order valence-electron chi connectivity index (χ1n) is 6.59. The summed E-state index contributed by atoms with van der Waals surface area (Å²) in [5.41, 5.74) is 0. The molecule has 3 atom stereocenters. The van der Waals surface area contributed by atoms with Crippen LogP contribution < -0.4 is 0 Å². The highest BCUT2D eigenvalue weighted by Gasteiger charge is 2.41. The van der Waals surface area contributed by atoms with Gasteiger partial charge in [0, 0.05) is 18.3 Å². The Labute approximate surface area is 110 Å². The third kappa shape index (κ3) is 1.97. The van der Waals surface area contributed by atoms with Crippen LogP contribution in [0.4, 0.5) is 0 Å². The van der Waals surface area contributed by atoms with Gasteiger partial charge in [-0.1, -0.05) is 13.3 Å². The van der Waals surface area contributed by atoms with E-state index in [0.29, 0.717) is 11.7 Å². The molecule has 2 heterocycles. The number of aromatic nitrogens is 4. The zero-order valence-electron chi connectivity index (χ0n) is 10.7. The fourth-order valence-electron chi connectivity index (χ4n) is 3.05. The highest BCUT2D eigenvalue weighted by Crippen LogP contribution is 2.43. The summed E-state index contributed by atoms with van der Waals surface area (Å²) in [5, 5.41) is 17.6. The molecule has 0 spiro atoms. The zero-order valence-corrected chi connectivity index (χ0v) is 10.7. The van der Waals surface area contributed by atoms with Gasteiger partial charge in [0.1, 0.15) is 5.82 Å². The second-order valence-corrected chi connectivity index (χ2v) is 5.14. The molecule has 0 aliphatic heterocycles. The van der Waals surface area contributed by atoms with E-state index in [-0.39, 0.29) is 11.8 Å². The number of carboxylic acid groups (broad SMARTS) is 1. The molecule has 1 N–H and O–H groups in total. The second-order valence-electron chi connectivity index (χ2n) is 5.14. The summed E-state index contributed by atoms with van der Waals surface area (Å²) in [7, 11) is 0. The lowest BCUT2D eigenvalue weighted by molar-refractivity contribution is -0.142. The van der Waals surface area contributed by atoms with Crippen molar-refractivity contribution >= 4 is 11.7 Å². The van der Waals surface area contributed by atoms with Crippen LogP contribution in [0.1, 0.15) is 37.9 Å². The monoisotopic (exact) mass is 260 g/mol. The van der Waals surface area contributed by atoms with Gasteiger partial charge in [-0.2, -0.15) is 0 Å². The van der Waals surface area contributed by atoms with Crippen molar-refractivity contribution in [3.05, 3.63) is 24.3 Å². The van der Waals surface area contributed by atoms with Gasteiger partial charge in [0.25, 0.3) is 5.78 Å². The molecule has 100 valence electrons. The summed E-state index contributed by atoms with van der Waals surface area (Å²) >= 11 is 0. The van der Waals surface area contributed by atoms with Gasteiger partial charge in [0.2, 0.25) is 0 Å². The molecule has 0 saturated heterocycles. The molecular weight excluding hydrogens is 244 g/mol. The summed E-state index contributed by atoms with van der Waals surface area (Å²) in [6, 6.07) is 1.81. The number of hydrogen-bond acceptors (Lipinski definition) is 4. The number of aliphatic carboxylic acids is 1. The van der Waals surface area contributed by atoms with Crippen molar-refractivity contribution < 1.29 is 9.90 Å². The second kappa shape index (κ2) is 4.60. The Morgan fingerprint density at radius 2 is 2.32 bits per heavy atom. The maximum Gasteiger partial charge on any atom is 0.307 e. The molecule has 6 heteroatoms. The van der Waals surface area contributed by atoms with Gasteiger partial charge in [-0.05, 0) is 24.8 Å². The SMILES string of the molecule is CCC1CC(C(=O)O)C(c2nnc3ncccn23)C1. The molecule has 2 aromatic heterocycles. The van der Waals surface area contributed by atoms with Crippen LogP contribution in [0.5, 0.6) is 0 Å². The van der Waals surface area contributed by atoms with Gasteiger partial charge in [-0.15, -0.1) is 10.2 Å². The molecule has 6 nitrogen and oxygen atoms in total. The van der Waals surface area contributed by atoms with E-state index in [1.807, 2.05) is 12.3 Å². The van der Waals surface area contributed by atoms with Crippen molar-refractivity contribution in [2.75, 3.05) is 0 Å². The summed E-state index contributed by atoms with van der Waals surface area (Å²) < 4.78 is 1.80. The Morgan fingerprint density at radius 1 is 1.47 bits per heavy atom. The molecule has 1 fully saturated rings. The van der Waals surface area contributed by atoms with Crippen LogP contribution >= 0.6 is 0 Å². The average molecular weight is 260 g/mol. The topological polar surface area (TPSA) is 80.4 Å². The van der Waals surface area contributed by atoms with E-state index in [9.17, 15) is 9.90 Å². The first kappa shape index (κ1) is 12.1. The maximum absolute atomic E-state index is 11.4. The lowest BCUT2D eigenvalue weighted by atomic mass is 9.95. The van der Waals surface area contributed by atoms with Crippen molar-refractivity contribution in [2.45, 2.75) is 32.1 Å². The number of carbonyl (C=O) groups is 1. The molecule has 1 aliphatic carbocycles. The van der Waals surface area contributed by atoms with Crippen LogP contribution in [0.3, 0.4) is 0 Å². The Kier molecular flexibility index (Phi) is 2.93. The van der Waals surface area contributed by atoms with E-state index in [4.69, 9.17) is 0 Å². The molecule has 1 aliphatic rings. The molecule has 1 saturated carbocycles. The molecular formula is C13H16N4O2. The molecule has 0 bridgehead atoms. The van der Waals surface area contributed by atoms with Gasteiger partial charge < -0.3 is 5.11 Å². The Balaban J connectivity index is 2.02. The average Bonchev–Trinajstić information content (AvgIpc) is 3.02. The Hall–Kier alpha value is -1.98. The summed E-state index contributed by atoms with van der Waals surface area (Å²) in [6.45, 7) is 2.11. The number of carboxylic acids is 1. The number of hydrogen-bond donors (Lipinski definition) is 1. The summed E-state index contributed by atoms with van der Waals surface area (Å²) in [6.07, 6.45) is 6.10. The van der Waals surface area contributed by atoms with Crippen molar-refractivity contribution in [3.63, 3.8) is 0 Å². The minimum Gasteiger partial charge on any atom is -0.481 e. The quantitative estimate of drug-likeness (QED) is 0.909. The standard InChI is InChI=1S/C13H16N4O2/c1-2-8-6-9(10(7-8)12(18)19)11-15-16-13-14-4-3-5-17(11)13/h3-5,8-10H,2,6-7H2,1H3,(H,18,19). The lowest BCUT2D eigenvalue weighted by Gasteiger charge is -2.13. The normalized spacial score (nSPS) is 26.9.